The number of carboxylic acids is 1. The van der Waals surface area contributed by atoms with Gasteiger partial charge in [-0.15, -0.1) is 0 Å². The summed E-state index contributed by atoms with van der Waals surface area (Å²) in [5, 5.41) is 8.60. The Bertz CT molecular complexity index is 539. The summed E-state index contributed by atoms with van der Waals surface area (Å²) in [4.78, 5) is 14.4. The van der Waals surface area contributed by atoms with Crippen molar-refractivity contribution in [3.05, 3.63) is 24.0 Å². The molecule has 1 aromatic rings. The van der Waals surface area contributed by atoms with Crippen LogP contribution in [0.2, 0.25) is 0 Å². The lowest BCUT2D eigenvalue weighted by molar-refractivity contribution is -0.136. The van der Waals surface area contributed by atoms with Crippen molar-refractivity contribution in [2.45, 2.75) is 26.4 Å². The second-order valence-corrected chi connectivity index (χ2v) is 6.29. The molecule has 0 saturated heterocycles. The standard InChI is InChI=1S/C12H18N2O5S/c1-9(2)19-5-6-20(17,18)14-11-4-3-10(13-8-11)7-12(15)16/h3-4,8-9,14H,5-7H2,1-2H3,(H,15,16). The predicted molar refractivity (Wildman–Crippen MR) is 74.1 cm³/mol. The van der Waals surface area contributed by atoms with Crippen LogP contribution in [0.4, 0.5) is 5.69 Å². The fourth-order valence-corrected chi connectivity index (χ4v) is 2.27. The lowest BCUT2D eigenvalue weighted by Crippen LogP contribution is -2.21. The van der Waals surface area contributed by atoms with Crippen molar-refractivity contribution in [3.63, 3.8) is 0 Å². The van der Waals surface area contributed by atoms with E-state index in [9.17, 15) is 13.2 Å². The topological polar surface area (TPSA) is 106 Å². The number of hydrogen-bond acceptors (Lipinski definition) is 5. The molecule has 20 heavy (non-hydrogen) atoms. The Balaban J connectivity index is 2.56. The number of sulfonamides is 1. The monoisotopic (exact) mass is 302 g/mol. The van der Waals surface area contributed by atoms with Crippen LogP contribution in [0.15, 0.2) is 18.3 Å². The van der Waals surface area contributed by atoms with E-state index in [4.69, 9.17) is 9.84 Å². The van der Waals surface area contributed by atoms with Crippen LogP contribution in [0.1, 0.15) is 19.5 Å². The van der Waals surface area contributed by atoms with E-state index < -0.39 is 16.0 Å². The Labute approximate surface area is 118 Å². The number of carboxylic acid groups (broad SMARTS) is 1. The highest BCUT2D eigenvalue weighted by Crippen LogP contribution is 2.09. The van der Waals surface area contributed by atoms with Crippen molar-refractivity contribution in [1.82, 2.24) is 4.98 Å². The average molecular weight is 302 g/mol. The van der Waals surface area contributed by atoms with Gasteiger partial charge in [-0.2, -0.15) is 0 Å². The first-order valence-corrected chi connectivity index (χ1v) is 7.72. The molecule has 0 amide bonds. The van der Waals surface area contributed by atoms with Crippen LogP contribution in [0.3, 0.4) is 0 Å². The number of rotatable bonds is 8. The van der Waals surface area contributed by atoms with Gasteiger partial charge < -0.3 is 9.84 Å². The van der Waals surface area contributed by atoms with Crippen LogP contribution in [-0.2, 0) is 26.0 Å². The van der Waals surface area contributed by atoms with E-state index in [-0.39, 0.29) is 24.9 Å². The molecule has 8 heteroatoms. The van der Waals surface area contributed by atoms with Gasteiger partial charge in [-0.3, -0.25) is 14.5 Å². The second-order valence-electron chi connectivity index (χ2n) is 4.45. The van der Waals surface area contributed by atoms with E-state index in [1.807, 2.05) is 13.8 Å². The molecule has 0 unspecified atom stereocenters. The largest absolute Gasteiger partial charge is 0.481 e. The Morgan fingerprint density at radius 1 is 1.45 bits per heavy atom. The van der Waals surface area contributed by atoms with Crippen molar-refractivity contribution in [2.75, 3.05) is 17.1 Å². The number of nitrogens with zero attached hydrogens (tertiary/aromatic N) is 1. The van der Waals surface area contributed by atoms with E-state index in [2.05, 4.69) is 9.71 Å². The average Bonchev–Trinajstić information content (AvgIpc) is 2.29. The number of aromatic nitrogens is 1. The molecule has 0 fully saturated rings. The molecule has 1 aromatic heterocycles. The zero-order valence-electron chi connectivity index (χ0n) is 11.4. The summed E-state index contributed by atoms with van der Waals surface area (Å²) in [6.45, 7) is 3.76. The van der Waals surface area contributed by atoms with E-state index in [1.54, 1.807) is 0 Å². The number of hydrogen-bond donors (Lipinski definition) is 2. The van der Waals surface area contributed by atoms with Crippen LogP contribution in [0.25, 0.3) is 0 Å². The Morgan fingerprint density at radius 2 is 2.15 bits per heavy atom. The van der Waals surface area contributed by atoms with Gasteiger partial charge in [0, 0.05) is 0 Å². The van der Waals surface area contributed by atoms with Gasteiger partial charge in [0.25, 0.3) is 0 Å². The van der Waals surface area contributed by atoms with Crippen LogP contribution in [0, 0.1) is 0 Å². The highest BCUT2D eigenvalue weighted by molar-refractivity contribution is 7.92. The van der Waals surface area contributed by atoms with Crippen molar-refractivity contribution < 1.29 is 23.1 Å². The Kier molecular flexibility index (Phi) is 5.90. The highest BCUT2D eigenvalue weighted by Gasteiger charge is 2.11. The summed E-state index contributed by atoms with van der Waals surface area (Å²) in [6, 6.07) is 2.95. The van der Waals surface area contributed by atoms with Crippen molar-refractivity contribution in [1.29, 1.82) is 0 Å². The third-order valence-corrected chi connectivity index (χ3v) is 3.48. The van der Waals surface area contributed by atoms with Crippen LogP contribution >= 0.6 is 0 Å². The van der Waals surface area contributed by atoms with E-state index in [0.29, 0.717) is 11.4 Å². The fraction of sp³-hybridized carbons (Fsp3) is 0.500. The first-order chi connectivity index (χ1) is 9.28. The van der Waals surface area contributed by atoms with Gasteiger partial charge in [-0.25, -0.2) is 8.42 Å². The molecule has 112 valence electrons. The van der Waals surface area contributed by atoms with Gasteiger partial charge in [0.15, 0.2) is 0 Å². The zero-order chi connectivity index (χ0) is 15.2. The molecule has 7 nitrogen and oxygen atoms in total. The number of carbonyl (C=O) groups is 1. The molecule has 1 heterocycles. The van der Waals surface area contributed by atoms with Crippen molar-refractivity contribution >= 4 is 21.7 Å². The van der Waals surface area contributed by atoms with Crippen LogP contribution in [0.5, 0.6) is 0 Å². The summed E-state index contributed by atoms with van der Waals surface area (Å²) in [5.74, 6) is -1.14. The highest BCUT2D eigenvalue weighted by atomic mass is 32.2. The van der Waals surface area contributed by atoms with Gasteiger partial charge in [-0.1, -0.05) is 0 Å². The molecule has 0 atom stereocenters. The fourth-order valence-electron chi connectivity index (χ4n) is 1.37. The van der Waals surface area contributed by atoms with Crippen molar-refractivity contribution in [3.8, 4) is 0 Å². The Morgan fingerprint density at radius 3 is 2.65 bits per heavy atom. The molecule has 0 bridgehead atoms. The lowest BCUT2D eigenvalue weighted by Gasteiger charge is -2.10. The first kappa shape index (κ1) is 16.4. The molecule has 0 aromatic carbocycles. The summed E-state index contributed by atoms with van der Waals surface area (Å²) < 4.78 is 31.0. The number of pyridine rings is 1. The van der Waals surface area contributed by atoms with Gasteiger partial charge in [0.05, 0.1) is 42.5 Å². The Hall–Kier alpha value is -1.67. The summed E-state index contributed by atoms with van der Waals surface area (Å²) in [6.07, 6.45) is 1.07. The second kappa shape index (κ2) is 7.20. The summed E-state index contributed by atoms with van der Waals surface area (Å²) in [5.41, 5.74) is 0.660. The third-order valence-electron chi connectivity index (χ3n) is 2.23. The SMILES string of the molecule is CC(C)OCCS(=O)(=O)Nc1ccc(CC(=O)O)nc1. The molecule has 1 rings (SSSR count). The number of anilines is 1. The van der Waals surface area contributed by atoms with Crippen LogP contribution < -0.4 is 4.72 Å². The van der Waals surface area contributed by atoms with E-state index in [1.165, 1.54) is 18.3 Å². The van der Waals surface area contributed by atoms with Gasteiger partial charge in [0.1, 0.15) is 0 Å². The molecule has 0 spiro atoms. The van der Waals surface area contributed by atoms with Gasteiger partial charge in [-0.05, 0) is 26.0 Å². The molecule has 0 aliphatic rings. The maximum absolute atomic E-state index is 11.7. The number of nitrogens with one attached hydrogen (secondary N) is 1. The maximum Gasteiger partial charge on any atom is 0.309 e. The molecule has 0 aliphatic heterocycles. The number of ether oxygens (including phenoxy) is 1. The molecular weight excluding hydrogens is 284 g/mol. The minimum absolute atomic E-state index is 0.0258. The maximum atomic E-state index is 11.7. The first-order valence-electron chi connectivity index (χ1n) is 6.07. The van der Waals surface area contributed by atoms with E-state index >= 15 is 0 Å². The predicted octanol–water partition coefficient (Wildman–Crippen LogP) is 0.875. The molecule has 0 aliphatic carbocycles. The molecule has 2 N–H and O–H groups in total. The van der Waals surface area contributed by atoms with Gasteiger partial charge in [0.2, 0.25) is 10.0 Å². The molecular formula is C12H18N2O5S. The van der Waals surface area contributed by atoms with Crippen molar-refractivity contribution in [2.24, 2.45) is 0 Å². The summed E-state index contributed by atoms with van der Waals surface area (Å²) in [7, 11) is -3.50. The number of aliphatic carboxylic acids is 1. The molecule has 0 saturated carbocycles. The zero-order valence-corrected chi connectivity index (χ0v) is 12.2. The van der Waals surface area contributed by atoms with E-state index in [0.717, 1.165) is 0 Å². The van der Waals surface area contributed by atoms with Gasteiger partial charge >= 0.3 is 5.97 Å². The lowest BCUT2D eigenvalue weighted by atomic mass is 10.3. The summed E-state index contributed by atoms with van der Waals surface area (Å²) >= 11 is 0. The minimum Gasteiger partial charge on any atom is -0.481 e. The minimum atomic E-state index is -3.50. The molecule has 0 radical (unpaired) electrons. The normalized spacial score (nSPS) is 11.6. The third kappa shape index (κ3) is 6.48. The van der Waals surface area contributed by atoms with Crippen LogP contribution in [-0.4, -0.2) is 42.9 Å². The quantitative estimate of drug-likeness (QED) is 0.738. The smallest absolute Gasteiger partial charge is 0.309 e.